The third kappa shape index (κ3) is 3.94. The Morgan fingerprint density at radius 1 is 1.33 bits per heavy atom. The molecule has 1 aliphatic heterocycles. The molecule has 1 N–H and O–H groups in total. The zero-order chi connectivity index (χ0) is 16.9. The first kappa shape index (κ1) is 17.3. The van der Waals surface area contributed by atoms with Gasteiger partial charge in [0.2, 0.25) is 0 Å². The molecule has 0 radical (unpaired) electrons. The number of nitrogens with zero attached hydrogens (tertiary/aromatic N) is 2. The highest BCUT2D eigenvalue weighted by atomic mass is 32.2. The predicted molar refractivity (Wildman–Crippen MR) is 95.2 cm³/mol. The lowest BCUT2D eigenvalue weighted by Crippen LogP contribution is -2.25. The summed E-state index contributed by atoms with van der Waals surface area (Å²) in [6.45, 7) is 5.51. The Morgan fingerprint density at radius 3 is 2.83 bits per heavy atom. The summed E-state index contributed by atoms with van der Waals surface area (Å²) in [5.41, 5.74) is 2.38. The van der Waals surface area contributed by atoms with E-state index in [1.54, 1.807) is 6.26 Å². The lowest BCUT2D eigenvalue weighted by atomic mass is 9.98. The van der Waals surface area contributed by atoms with Gasteiger partial charge in [-0.3, -0.25) is 8.89 Å². The smallest absolute Gasteiger partial charge is 0.103 e. The number of hydrogen-bond donors (Lipinski definition) is 1. The minimum atomic E-state index is -0.915. The van der Waals surface area contributed by atoms with Gasteiger partial charge in [0.1, 0.15) is 6.10 Å². The third-order valence-corrected chi connectivity index (χ3v) is 5.48. The second kappa shape index (κ2) is 8.05. The maximum atomic E-state index is 11.4. The van der Waals surface area contributed by atoms with Gasteiger partial charge in [-0.1, -0.05) is 12.1 Å². The van der Waals surface area contributed by atoms with E-state index in [0.717, 1.165) is 37.6 Å². The van der Waals surface area contributed by atoms with Crippen molar-refractivity contribution in [2.24, 2.45) is 5.92 Å². The molecule has 0 unspecified atom stereocenters. The molecule has 1 aromatic carbocycles. The van der Waals surface area contributed by atoms with Crippen molar-refractivity contribution in [3.8, 4) is 0 Å². The van der Waals surface area contributed by atoms with Crippen LogP contribution in [0.2, 0.25) is 0 Å². The first-order valence-electron chi connectivity index (χ1n) is 8.45. The van der Waals surface area contributed by atoms with E-state index in [1.165, 1.54) is 11.3 Å². The average molecular weight is 347 g/mol. The molecular formula is C18H25N3O2S. The molecule has 130 valence electrons. The van der Waals surface area contributed by atoms with Crippen LogP contribution in [-0.2, 0) is 28.6 Å². The number of rotatable bonds is 7. The van der Waals surface area contributed by atoms with Gasteiger partial charge in [0.25, 0.3) is 0 Å². The summed E-state index contributed by atoms with van der Waals surface area (Å²) in [6, 6.07) is 10.0. The van der Waals surface area contributed by atoms with Crippen LogP contribution in [0.3, 0.4) is 0 Å². The zero-order valence-corrected chi connectivity index (χ0v) is 15.1. The van der Waals surface area contributed by atoms with Crippen LogP contribution in [-0.4, -0.2) is 33.4 Å². The van der Waals surface area contributed by atoms with Gasteiger partial charge in [0.15, 0.2) is 0 Å². The lowest BCUT2D eigenvalue weighted by molar-refractivity contribution is 0.0830. The normalized spacial score (nSPS) is 21.9. The van der Waals surface area contributed by atoms with Crippen LogP contribution in [0.25, 0.3) is 0 Å². The number of aromatic nitrogens is 2. The van der Waals surface area contributed by atoms with E-state index in [1.807, 2.05) is 35.1 Å². The molecule has 0 amide bonds. The molecule has 3 atom stereocenters. The van der Waals surface area contributed by atoms with E-state index < -0.39 is 10.8 Å². The summed E-state index contributed by atoms with van der Waals surface area (Å²) < 4.78 is 19.4. The first-order chi connectivity index (χ1) is 11.7. The molecule has 3 rings (SSSR count). The highest BCUT2D eigenvalue weighted by Gasteiger charge is 2.31. The molecule has 1 saturated heterocycles. The fraction of sp³-hybridized carbons (Fsp3) is 0.500. The van der Waals surface area contributed by atoms with Crippen molar-refractivity contribution in [3.05, 3.63) is 47.8 Å². The number of aryl methyl sites for hydroxylation is 1. The number of nitrogens with one attached hydrogen (secondary N) is 1. The highest BCUT2D eigenvalue weighted by molar-refractivity contribution is 7.84. The van der Waals surface area contributed by atoms with Crippen molar-refractivity contribution in [1.82, 2.24) is 15.1 Å². The lowest BCUT2D eigenvalue weighted by Gasteiger charge is -2.20. The predicted octanol–water partition coefficient (Wildman–Crippen LogP) is 2.51. The quantitative estimate of drug-likeness (QED) is 0.836. The van der Waals surface area contributed by atoms with E-state index >= 15 is 0 Å². The molecule has 2 heterocycles. The summed E-state index contributed by atoms with van der Waals surface area (Å²) in [6.07, 6.45) is 4.75. The monoisotopic (exact) mass is 347 g/mol. The van der Waals surface area contributed by atoms with E-state index in [0.29, 0.717) is 5.92 Å². The molecule has 6 heteroatoms. The Balaban J connectivity index is 1.55. The van der Waals surface area contributed by atoms with E-state index in [4.69, 9.17) is 4.74 Å². The Morgan fingerprint density at radius 2 is 2.12 bits per heavy atom. The maximum absolute atomic E-state index is 11.4. The number of hydrogen-bond acceptors (Lipinski definition) is 4. The topological polar surface area (TPSA) is 56.1 Å². The summed E-state index contributed by atoms with van der Waals surface area (Å²) in [5, 5.41) is 7.89. The van der Waals surface area contributed by atoms with Crippen molar-refractivity contribution in [3.63, 3.8) is 0 Å². The third-order valence-electron chi connectivity index (χ3n) is 4.55. The second-order valence-corrected chi connectivity index (χ2v) is 7.52. The maximum Gasteiger partial charge on any atom is 0.103 e. The SMILES string of the molecule is CCn1nccc1[C@@H]1OCC[C@H]1CNCc1ccc([S@](C)=O)cc1. The van der Waals surface area contributed by atoms with Gasteiger partial charge >= 0.3 is 0 Å². The molecule has 1 aliphatic rings. The van der Waals surface area contributed by atoms with Crippen molar-refractivity contribution < 1.29 is 8.95 Å². The van der Waals surface area contributed by atoms with Crippen LogP contribution in [0, 0.1) is 5.92 Å². The molecule has 0 saturated carbocycles. The number of benzene rings is 1. The van der Waals surface area contributed by atoms with Gasteiger partial charge < -0.3 is 10.1 Å². The first-order valence-corrected chi connectivity index (χ1v) is 10.0. The average Bonchev–Trinajstić information content (AvgIpc) is 3.23. The van der Waals surface area contributed by atoms with Crippen LogP contribution in [0.15, 0.2) is 41.4 Å². The Kier molecular flexibility index (Phi) is 5.81. The van der Waals surface area contributed by atoms with Crippen LogP contribution in [0.5, 0.6) is 0 Å². The molecule has 0 aliphatic carbocycles. The Hall–Kier alpha value is -1.50. The summed E-state index contributed by atoms with van der Waals surface area (Å²) >= 11 is 0. The van der Waals surface area contributed by atoms with Gasteiger partial charge in [-0.15, -0.1) is 0 Å². The van der Waals surface area contributed by atoms with Gasteiger partial charge in [-0.2, -0.15) is 5.10 Å². The fourth-order valence-corrected chi connectivity index (χ4v) is 3.74. The van der Waals surface area contributed by atoms with E-state index in [-0.39, 0.29) is 6.10 Å². The van der Waals surface area contributed by atoms with Crippen molar-refractivity contribution in [2.75, 3.05) is 19.4 Å². The zero-order valence-electron chi connectivity index (χ0n) is 14.3. The standard InChI is InChI=1S/C18H25N3O2S/c1-3-21-17(8-10-20-21)18-15(9-11-23-18)13-19-12-14-4-6-16(7-5-14)24(2)22/h4-8,10,15,18-19H,3,9,11-13H2,1-2H3/t15-,18+,24-/m0/s1. The summed E-state index contributed by atoms with van der Waals surface area (Å²) in [7, 11) is -0.915. The number of ether oxygens (including phenoxy) is 1. The van der Waals surface area contributed by atoms with Crippen LogP contribution in [0.1, 0.15) is 30.7 Å². The molecule has 0 bridgehead atoms. The van der Waals surface area contributed by atoms with E-state index in [9.17, 15) is 4.21 Å². The van der Waals surface area contributed by atoms with Crippen LogP contribution < -0.4 is 5.32 Å². The highest BCUT2D eigenvalue weighted by Crippen LogP contribution is 2.34. The van der Waals surface area contributed by atoms with Gasteiger partial charge in [0, 0.05) is 60.3 Å². The van der Waals surface area contributed by atoms with Gasteiger partial charge in [-0.25, -0.2) is 0 Å². The summed E-state index contributed by atoms with van der Waals surface area (Å²) in [4.78, 5) is 0.871. The minimum Gasteiger partial charge on any atom is -0.372 e. The van der Waals surface area contributed by atoms with Crippen molar-refractivity contribution >= 4 is 10.8 Å². The molecule has 2 aromatic rings. The van der Waals surface area contributed by atoms with Crippen molar-refractivity contribution in [2.45, 2.75) is 37.4 Å². The van der Waals surface area contributed by atoms with Crippen LogP contribution in [0.4, 0.5) is 0 Å². The molecule has 5 nitrogen and oxygen atoms in total. The van der Waals surface area contributed by atoms with Gasteiger partial charge in [0.05, 0.1) is 5.69 Å². The molecule has 24 heavy (non-hydrogen) atoms. The largest absolute Gasteiger partial charge is 0.372 e. The summed E-state index contributed by atoms with van der Waals surface area (Å²) in [5.74, 6) is 0.467. The molecular weight excluding hydrogens is 322 g/mol. The Labute approximate surface area is 145 Å². The van der Waals surface area contributed by atoms with Gasteiger partial charge in [-0.05, 0) is 37.1 Å². The Bertz CT molecular complexity index is 684. The molecule has 1 aromatic heterocycles. The molecule has 1 fully saturated rings. The minimum absolute atomic E-state index is 0.129. The van der Waals surface area contributed by atoms with Crippen molar-refractivity contribution in [1.29, 1.82) is 0 Å². The van der Waals surface area contributed by atoms with E-state index in [2.05, 4.69) is 23.4 Å². The van der Waals surface area contributed by atoms with Crippen LogP contribution >= 0.6 is 0 Å². The molecule has 0 spiro atoms. The fourth-order valence-electron chi connectivity index (χ4n) is 3.22. The second-order valence-electron chi connectivity index (χ2n) is 6.14.